The first-order valence-corrected chi connectivity index (χ1v) is 8.89. The van der Waals surface area contributed by atoms with Gasteiger partial charge in [-0.25, -0.2) is 13.6 Å². The zero-order valence-corrected chi connectivity index (χ0v) is 15.2. The fourth-order valence-electron chi connectivity index (χ4n) is 3.27. The number of amides is 1. The van der Waals surface area contributed by atoms with Crippen LogP contribution in [0.4, 0.5) is 14.5 Å². The molecule has 0 unspecified atom stereocenters. The third kappa shape index (κ3) is 4.03. The summed E-state index contributed by atoms with van der Waals surface area (Å²) >= 11 is 0. The maximum absolute atomic E-state index is 14.5. The first-order chi connectivity index (χ1) is 13.4. The molecule has 2 N–H and O–H groups in total. The topological polar surface area (TPSA) is 75.6 Å². The Hall–Kier alpha value is -3.22. The van der Waals surface area contributed by atoms with E-state index >= 15 is 0 Å². The second-order valence-electron chi connectivity index (χ2n) is 6.34. The van der Waals surface area contributed by atoms with Crippen LogP contribution in [0.2, 0.25) is 0 Å². The van der Waals surface area contributed by atoms with Gasteiger partial charge < -0.3 is 15.2 Å². The monoisotopic (exact) mass is 387 g/mol. The van der Waals surface area contributed by atoms with Gasteiger partial charge in [0.05, 0.1) is 12.3 Å². The number of aliphatic carboxylic acids is 1. The van der Waals surface area contributed by atoms with E-state index in [-0.39, 0.29) is 28.8 Å². The van der Waals surface area contributed by atoms with E-state index in [2.05, 4.69) is 5.32 Å². The molecule has 0 aromatic heterocycles. The number of benzene rings is 2. The quantitative estimate of drug-likeness (QED) is 0.763. The van der Waals surface area contributed by atoms with Crippen LogP contribution in [-0.2, 0) is 9.59 Å². The summed E-state index contributed by atoms with van der Waals surface area (Å²) in [7, 11) is 0. The van der Waals surface area contributed by atoms with Crippen molar-refractivity contribution in [1.29, 1.82) is 0 Å². The Balaban J connectivity index is 2.02. The van der Waals surface area contributed by atoms with Crippen LogP contribution in [0.25, 0.3) is 11.1 Å². The van der Waals surface area contributed by atoms with Gasteiger partial charge in [-0.1, -0.05) is 12.1 Å². The second kappa shape index (κ2) is 8.21. The lowest BCUT2D eigenvalue weighted by molar-refractivity contribution is -0.133. The molecular formula is C21H19F2NO4. The van der Waals surface area contributed by atoms with Crippen LogP contribution in [0, 0.1) is 11.6 Å². The minimum Gasteiger partial charge on any atom is -0.494 e. The van der Waals surface area contributed by atoms with Crippen LogP contribution in [0.3, 0.4) is 0 Å². The van der Waals surface area contributed by atoms with Crippen molar-refractivity contribution in [2.45, 2.75) is 26.2 Å². The molecule has 5 nitrogen and oxygen atoms in total. The van der Waals surface area contributed by atoms with Gasteiger partial charge >= 0.3 is 5.97 Å². The molecule has 0 atom stereocenters. The molecule has 0 saturated carbocycles. The number of hydrogen-bond donors (Lipinski definition) is 2. The molecular weight excluding hydrogens is 368 g/mol. The van der Waals surface area contributed by atoms with E-state index in [4.69, 9.17) is 4.74 Å². The van der Waals surface area contributed by atoms with E-state index in [0.717, 1.165) is 6.07 Å². The molecule has 1 aliphatic rings. The Morgan fingerprint density at radius 3 is 2.61 bits per heavy atom. The minimum atomic E-state index is -1.16. The molecule has 7 heteroatoms. The molecule has 0 saturated heterocycles. The molecule has 0 fully saturated rings. The first kappa shape index (κ1) is 19.5. The number of rotatable bonds is 6. The highest BCUT2D eigenvalue weighted by Crippen LogP contribution is 2.35. The fourth-order valence-corrected chi connectivity index (χ4v) is 3.27. The standard InChI is InChI=1S/C21H19F2NO4/c1-2-28-14-6-3-5-12(9-14)17-10-13(22)11-18(23)19(17)24-20(25)15-7-4-8-16(15)21(26)27/h3,5-6,9-11H,2,4,7-8H2,1H3,(H,24,25)(H,26,27). The maximum Gasteiger partial charge on any atom is 0.332 e. The summed E-state index contributed by atoms with van der Waals surface area (Å²) in [4.78, 5) is 23.9. The largest absolute Gasteiger partial charge is 0.494 e. The van der Waals surface area contributed by atoms with Crippen LogP contribution < -0.4 is 10.1 Å². The van der Waals surface area contributed by atoms with Gasteiger partial charge in [0.1, 0.15) is 17.4 Å². The highest BCUT2D eigenvalue weighted by molar-refractivity contribution is 6.10. The number of halogens is 2. The van der Waals surface area contributed by atoms with Crippen LogP contribution >= 0.6 is 0 Å². The Labute approximate surface area is 160 Å². The normalized spacial score (nSPS) is 13.5. The van der Waals surface area contributed by atoms with Gasteiger partial charge in [0, 0.05) is 22.8 Å². The summed E-state index contributed by atoms with van der Waals surface area (Å²) in [5.74, 6) is -3.07. The third-order valence-corrected chi connectivity index (χ3v) is 4.50. The van der Waals surface area contributed by atoms with Crippen molar-refractivity contribution in [2.75, 3.05) is 11.9 Å². The summed E-state index contributed by atoms with van der Waals surface area (Å²) < 4.78 is 33.8. The maximum atomic E-state index is 14.5. The molecule has 146 valence electrons. The van der Waals surface area contributed by atoms with Crippen LogP contribution in [-0.4, -0.2) is 23.6 Å². The molecule has 1 amide bonds. The van der Waals surface area contributed by atoms with Crippen molar-refractivity contribution in [3.05, 3.63) is 59.2 Å². The molecule has 0 heterocycles. The molecule has 0 spiro atoms. The third-order valence-electron chi connectivity index (χ3n) is 4.50. The number of carbonyl (C=O) groups is 2. The van der Waals surface area contributed by atoms with E-state index in [0.29, 0.717) is 36.8 Å². The Kier molecular flexibility index (Phi) is 5.73. The number of anilines is 1. The number of hydrogen-bond acceptors (Lipinski definition) is 3. The summed E-state index contributed by atoms with van der Waals surface area (Å²) in [5, 5.41) is 11.7. The lowest BCUT2D eigenvalue weighted by atomic mass is 10.0. The average molecular weight is 387 g/mol. The molecule has 0 bridgehead atoms. The average Bonchev–Trinajstić information content (AvgIpc) is 3.14. The van der Waals surface area contributed by atoms with Gasteiger partial charge in [-0.05, 0) is 49.9 Å². The first-order valence-electron chi connectivity index (χ1n) is 8.89. The smallest absolute Gasteiger partial charge is 0.332 e. The Morgan fingerprint density at radius 2 is 1.89 bits per heavy atom. The van der Waals surface area contributed by atoms with Crippen molar-refractivity contribution >= 4 is 17.6 Å². The number of carboxylic acid groups (broad SMARTS) is 1. The predicted molar refractivity (Wildman–Crippen MR) is 100 cm³/mol. The van der Waals surface area contributed by atoms with Crippen LogP contribution in [0.1, 0.15) is 26.2 Å². The molecule has 3 rings (SSSR count). The summed E-state index contributed by atoms with van der Waals surface area (Å²) in [6, 6.07) is 8.44. The number of carboxylic acids is 1. The molecule has 2 aromatic carbocycles. The van der Waals surface area contributed by atoms with Gasteiger partial charge in [0.15, 0.2) is 0 Å². The van der Waals surface area contributed by atoms with E-state index in [9.17, 15) is 23.5 Å². The van der Waals surface area contributed by atoms with Gasteiger partial charge in [0.2, 0.25) is 0 Å². The number of nitrogens with one attached hydrogen (secondary N) is 1. The van der Waals surface area contributed by atoms with Gasteiger partial charge in [-0.15, -0.1) is 0 Å². The summed E-state index contributed by atoms with van der Waals surface area (Å²) in [5.41, 5.74) is 0.538. The van der Waals surface area contributed by atoms with Gasteiger partial charge in [-0.3, -0.25) is 4.79 Å². The Morgan fingerprint density at radius 1 is 1.14 bits per heavy atom. The zero-order chi connectivity index (χ0) is 20.3. The lowest BCUT2D eigenvalue weighted by Gasteiger charge is -2.14. The number of ether oxygens (including phenoxy) is 1. The zero-order valence-electron chi connectivity index (χ0n) is 15.2. The molecule has 0 radical (unpaired) electrons. The van der Waals surface area contributed by atoms with E-state index in [1.54, 1.807) is 24.3 Å². The van der Waals surface area contributed by atoms with E-state index in [1.165, 1.54) is 0 Å². The highest BCUT2D eigenvalue weighted by Gasteiger charge is 2.26. The van der Waals surface area contributed by atoms with Crippen molar-refractivity contribution in [1.82, 2.24) is 0 Å². The van der Waals surface area contributed by atoms with Crippen LogP contribution in [0.5, 0.6) is 5.75 Å². The van der Waals surface area contributed by atoms with Crippen molar-refractivity contribution in [3.63, 3.8) is 0 Å². The van der Waals surface area contributed by atoms with Crippen molar-refractivity contribution in [2.24, 2.45) is 0 Å². The predicted octanol–water partition coefficient (Wildman–Crippen LogP) is 4.53. The number of carbonyl (C=O) groups excluding carboxylic acids is 1. The SMILES string of the molecule is CCOc1cccc(-c2cc(F)cc(F)c2NC(=O)C2=C(C(=O)O)CCC2)c1. The summed E-state index contributed by atoms with van der Waals surface area (Å²) in [6.07, 6.45) is 1.12. The minimum absolute atomic E-state index is 0.0277. The van der Waals surface area contributed by atoms with Crippen molar-refractivity contribution in [3.8, 4) is 16.9 Å². The molecule has 28 heavy (non-hydrogen) atoms. The van der Waals surface area contributed by atoms with E-state index in [1.807, 2.05) is 6.92 Å². The van der Waals surface area contributed by atoms with Gasteiger partial charge in [-0.2, -0.15) is 0 Å². The molecule has 0 aliphatic heterocycles. The van der Waals surface area contributed by atoms with Gasteiger partial charge in [0.25, 0.3) is 5.91 Å². The van der Waals surface area contributed by atoms with Crippen molar-refractivity contribution < 1.29 is 28.2 Å². The van der Waals surface area contributed by atoms with Crippen LogP contribution in [0.15, 0.2) is 47.5 Å². The summed E-state index contributed by atoms with van der Waals surface area (Å²) in [6.45, 7) is 2.24. The fraction of sp³-hybridized carbons (Fsp3) is 0.238. The lowest BCUT2D eigenvalue weighted by Crippen LogP contribution is -2.18. The Bertz CT molecular complexity index is 969. The molecule has 2 aromatic rings. The second-order valence-corrected chi connectivity index (χ2v) is 6.34. The molecule has 1 aliphatic carbocycles. The highest BCUT2D eigenvalue weighted by atomic mass is 19.1. The van der Waals surface area contributed by atoms with E-state index < -0.39 is 23.5 Å².